The molecule has 2 aromatic carbocycles. The third-order valence-corrected chi connectivity index (χ3v) is 9.27. The second-order valence-corrected chi connectivity index (χ2v) is 11.7. The van der Waals surface area contributed by atoms with Crippen molar-refractivity contribution in [1.29, 1.82) is 0 Å². The zero-order valence-electron chi connectivity index (χ0n) is 20.8. The molecular formula is C30H30ClN3O2S. The quantitative estimate of drug-likeness (QED) is 0.385. The van der Waals surface area contributed by atoms with Gasteiger partial charge in [0.25, 0.3) is 11.8 Å². The van der Waals surface area contributed by atoms with Crippen LogP contribution < -0.4 is 10.2 Å². The lowest BCUT2D eigenvalue weighted by Gasteiger charge is -2.23. The molecule has 6 rings (SSSR count). The molecule has 0 saturated heterocycles. The van der Waals surface area contributed by atoms with E-state index in [1.165, 1.54) is 11.3 Å². The van der Waals surface area contributed by atoms with Crippen molar-refractivity contribution in [3.8, 4) is 0 Å². The molecule has 0 radical (unpaired) electrons. The normalized spacial score (nSPS) is 18.7. The van der Waals surface area contributed by atoms with E-state index in [0.717, 1.165) is 73.7 Å². The van der Waals surface area contributed by atoms with E-state index in [0.29, 0.717) is 27.8 Å². The molecule has 1 aliphatic heterocycles. The van der Waals surface area contributed by atoms with E-state index < -0.39 is 0 Å². The molecule has 1 saturated carbocycles. The number of nitrogens with one attached hydrogen (secondary N) is 1. The molecule has 2 amide bonds. The van der Waals surface area contributed by atoms with E-state index in [2.05, 4.69) is 5.32 Å². The molecule has 0 unspecified atom stereocenters. The van der Waals surface area contributed by atoms with Crippen molar-refractivity contribution in [3.05, 3.63) is 80.7 Å². The average Bonchev–Trinajstić information content (AvgIpc) is 3.41. The number of anilines is 1. The van der Waals surface area contributed by atoms with Gasteiger partial charge in [0.2, 0.25) is 0 Å². The van der Waals surface area contributed by atoms with Crippen molar-refractivity contribution in [3.63, 3.8) is 0 Å². The summed E-state index contributed by atoms with van der Waals surface area (Å²) in [5.41, 5.74) is 4.72. The number of aryl methyl sites for hydroxylation is 1. The molecule has 190 valence electrons. The number of hydrogen-bond donors (Lipinski definition) is 1. The minimum atomic E-state index is -0.161. The fraction of sp³-hybridized carbons (Fsp3) is 0.367. The topological polar surface area (TPSA) is 61.8 Å². The van der Waals surface area contributed by atoms with Crippen LogP contribution in [0.5, 0.6) is 0 Å². The Morgan fingerprint density at radius 2 is 1.76 bits per heavy atom. The first-order valence-corrected chi connectivity index (χ1v) is 14.5. The molecule has 1 aromatic heterocycles. The molecule has 2 aliphatic carbocycles. The summed E-state index contributed by atoms with van der Waals surface area (Å²) in [4.78, 5) is 35.4. The highest BCUT2D eigenvalue weighted by Gasteiger charge is 2.35. The lowest BCUT2D eigenvalue weighted by atomic mass is 9.93. The molecule has 0 spiro atoms. The van der Waals surface area contributed by atoms with Gasteiger partial charge in [-0.15, -0.1) is 11.3 Å². The Balaban J connectivity index is 1.39. The van der Waals surface area contributed by atoms with Crippen molar-refractivity contribution in [1.82, 2.24) is 5.32 Å². The highest BCUT2D eigenvalue weighted by Crippen LogP contribution is 2.42. The number of fused-ring (bicyclic) bond motifs is 2. The standard InChI is InChI=1S/C30H30ClN3O2S/c31-23-15-7-4-10-19(23)18-34-24-16-8-5-13-21(24)27(30(34)36)33-29-26(22-14-6-9-17-25(22)37-29)28(35)32-20-11-2-1-3-12-20/h4-5,7-8,10,13,15-16,20H,1-3,6,9,11-12,14,17-18H2,(H,32,35). The smallest absolute Gasteiger partial charge is 0.277 e. The van der Waals surface area contributed by atoms with Crippen LogP contribution in [-0.2, 0) is 24.2 Å². The van der Waals surface area contributed by atoms with Gasteiger partial charge in [-0.05, 0) is 61.8 Å². The van der Waals surface area contributed by atoms with E-state index >= 15 is 0 Å². The van der Waals surface area contributed by atoms with Gasteiger partial charge in [0.05, 0.1) is 17.8 Å². The Hall–Kier alpha value is -2.96. The van der Waals surface area contributed by atoms with E-state index in [-0.39, 0.29) is 17.9 Å². The average molecular weight is 532 g/mol. The Morgan fingerprint density at radius 1 is 1.00 bits per heavy atom. The van der Waals surface area contributed by atoms with E-state index in [1.54, 1.807) is 16.2 Å². The Kier molecular flexibility index (Phi) is 6.87. The first-order valence-electron chi connectivity index (χ1n) is 13.3. The number of para-hydroxylation sites is 1. The van der Waals surface area contributed by atoms with Gasteiger partial charge in [0.15, 0.2) is 0 Å². The number of thiophene rings is 1. The SMILES string of the molecule is O=C(NC1CCCCC1)c1c(N=C2C(=O)N(Cc3ccccc3Cl)c3ccccc32)sc2c1CCCC2. The Labute approximate surface area is 226 Å². The summed E-state index contributed by atoms with van der Waals surface area (Å²) >= 11 is 8.01. The van der Waals surface area contributed by atoms with Crippen molar-refractivity contribution < 1.29 is 9.59 Å². The summed E-state index contributed by atoms with van der Waals surface area (Å²) in [6.07, 6.45) is 9.70. The zero-order chi connectivity index (χ0) is 25.4. The molecule has 0 bridgehead atoms. The monoisotopic (exact) mass is 531 g/mol. The second kappa shape index (κ2) is 10.4. The van der Waals surface area contributed by atoms with Crippen LogP contribution in [0.1, 0.15) is 76.9 Å². The summed E-state index contributed by atoms with van der Waals surface area (Å²) in [6, 6.07) is 15.6. The first kappa shape index (κ1) is 24.4. The van der Waals surface area contributed by atoms with Crippen LogP contribution in [0, 0.1) is 0 Å². The van der Waals surface area contributed by atoms with Gasteiger partial charge in [-0.3, -0.25) is 9.59 Å². The van der Waals surface area contributed by atoms with E-state index in [9.17, 15) is 9.59 Å². The number of carbonyl (C=O) groups excluding carboxylic acids is 2. The largest absolute Gasteiger partial charge is 0.349 e. The van der Waals surface area contributed by atoms with Crippen LogP contribution in [-0.4, -0.2) is 23.6 Å². The number of benzene rings is 2. The molecule has 2 heterocycles. The van der Waals surface area contributed by atoms with Crippen LogP contribution in [0.4, 0.5) is 10.7 Å². The summed E-state index contributed by atoms with van der Waals surface area (Å²) in [6.45, 7) is 0.366. The van der Waals surface area contributed by atoms with Gasteiger partial charge in [0.1, 0.15) is 10.7 Å². The van der Waals surface area contributed by atoms with Gasteiger partial charge < -0.3 is 10.2 Å². The molecule has 37 heavy (non-hydrogen) atoms. The maximum atomic E-state index is 13.8. The maximum absolute atomic E-state index is 13.8. The number of nitrogens with zero attached hydrogens (tertiary/aromatic N) is 2. The minimum Gasteiger partial charge on any atom is -0.349 e. The Morgan fingerprint density at radius 3 is 2.59 bits per heavy atom. The van der Waals surface area contributed by atoms with Gasteiger partial charge >= 0.3 is 0 Å². The highest BCUT2D eigenvalue weighted by atomic mass is 35.5. The third-order valence-electron chi connectivity index (χ3n) is 7.72. The van der Waals surface area contributed by atoms with Crippen molar-refractivity contribution in [2.45, 2.75) is 70.4 Å². The van der Waals surface area contributed by atoms with Crippen LogP contribution in [0.25, 0.3) is 0 Å². The second-order valence-electron chi connectivity index (χ2n) is 10.2. The van der Waals surface area contributed by atoms with Crippen LogP contribution in [0.15, 0.2) is 53.5 Å². The van der Waals surface area contributed by atoms with E-state index in [1.807, 2.05) is 48.5 Å². The van der Waals surface area contributed by atoms with Gasteiger partial charge in [-0.25, -0.2) is 4.99 Å². The van der Waals surface area contributed by atoms with Crippen LogP contribution in [0.2, 0.25) is 5.02 Å². The third kappa shape index (κ3) is 4.73. The fourth-order valence-electron chi connectivity index (χ4n) is 5.79. The molecule has 3 aromatic rings. The lowest BCUT2D eigenvalue weighted by molar-refractivity contribution is -0.112. The summed E-state index contributed by atoms with van der Waals surface area (Å²) in [5.74, 6) is -0.191. The summed E-state index contributed by atoms with van der Waals surface area (Å²) in [7, 11) is 0. The number of carbonyl (C=O) groups is 2. The van der Waals surface area contributed by atoms with Crippen LogP contribution in [0.3, 0.4) is 0 Å². The van der Waals surface area contributed by atoms with Gasteiger partial charge in [-0.1, -0.05) is 67.3 Å². The van der Waals surface area contributed by atoms with Crippen molar-refractivity contribution >= 4 is 51.2 Å². The highest BCUT2D eigenvalue weighted by molar-refractivity contribution is 7.16. The van der Waals surface area contributed by atoms with Crippen molar-refractivity contribution in [2.75, 3.05) is 4.90 Å². The number of halogens is 1. The number of amides is 2. The predicted molar refractivity (Wildman–Crippen MR) is 151 cm³/mol. The summed E-state index contributed by atoms with van der Waals surface area (Å²) < 4.78 is 0. The molecule has 0 atom stereocenters. The zero-order valence-corrected chi connectivity index (χ0v) is 22.3. The number of rotatable bonds is 5. The summed E-state index contributed by atoms with van der Waals surface area (Å²) in [5, 5.41) is 4.60. The Bertz CT molecular complexity index is 1390. The number of aliphatic imine (C=N–C) groups is 1. The minimum absolute atomic E-state index is 0.0303. The molecular weight excluding hydrogens is 502 g/mol. The van der Waals surface area contributed by atoms with Crippen molar-refractivity contribution in [2.24, 2.45) is 4.99 Å². The lowest BCUT2D eigenvalue weighted by Crippen LogP contribution is -2.36. The van der Waals surface area contributed by atoms with E-state index in [4.69, 9.17) is 16.6 Å². The van der Waals surface area contributed by atoms with Gasteiger partial charge in [-0.2, -0.15) is 0 Å². The maximum Gasteiger partial charge on any atom is 0.277 e. The molecule has 3 aliphatic rings. The molecule has 1 fully saturated rings. The fourth-order valence-corrected chi connectivity index (χ4v) is 7.25. The number of hydrogen-bond acceptors (Lipinski definition) is 4. The van der Waals surface area contributed by atoms with Crippen LogP contribution >= 0.6 is 22.9 Å². The predicted octanol–water partition coefficient (Wildman–Crippen LogP) is 7.01. The molecule has 5 nitrogen and oxygen atoms in total. The first-order chi connectivity index (χ1) is 18.1. The molecule has 7 heteroatoms. The van der Waals surface area contributed by atoms with Gasteiger partial charge in [0, 0.05) is 21.5 Å². The molecule has 1 N–H and O–H groups in total.